The van der Waals surface area contributed by atoms with Crippen molar-refractivity contribution in [1.82, 2.24) is 9.55 Å². The molecule has 0 saturated heterocycles. The molecule has 19 heavy (non-hydrogen) atoms. The number of aromatic nitrogens is 2. The molecule has 0 atom stereocenters. The standard InChI is InChI=1S/C16H31N3/c1-4-6-8-9-10-11-13-19-14-15(3)18-16(19)17-12-7-5-2/h14H,4-13H2,1-3H3,(H,17,18). The Hall–Kier alpha value is -0.990. The smallest absolute Gasteiger partial charge is 0.203 e. The van der Waals surface area contributed by atoms with E-state index < -0.39 is 0 Å². The molecule has 1 rings (SSSR count). The Kier molecular flexibility index (Phi) is 8.35. The van der Waals surface area contributed by atoms with E-state index in [1.54, 1.807) is 0 Å². The number of hydrogen-bond donors (Lipinski definition) is 1. The van der Waals surface area contributed by atoms with Gasteiger partial charge in [0.05, 0.1) is 5.69 Å². The van der Waals surface area contributed by atoms with Crippen LogP contribution in [0.25, 0.3) is 0 Å². The summed E-state index contributed by atoms with van der Waals surface area (Å²) in [6.07, 6.45) is 12.7. The maximum atomic E-state index is 4.56. The van der Waals surface area contributed by atoms with Crippen molar-refractivity contribution < 1.29 is 0 Å². The van der Waals surface area contributed by atoms with E-state index in [1.807, 2.05) is 0 Å². The van der Waals surface area contributed by atoms with Gasteiger partial charge in [0.25, 0.3) is 0 Å². The van der Waals surface area contributed by atoms with Gasteiger partial charge in [0.2, 0.25) is 5.95 Å². The van der Waals surface area contributed by atoms with Crippen molar-refractivity contribution in [2.75, 3.05) is 11.9 Å². The second-order valence-corrected chi connectivity index (χ2v) is 5.45. The molecule has 0 aliphatic heterocycles. The van der Waals surface area contributed by atoms with Crippen molar-refractivity contribution in [3.63, 3.8) is 0 Å². The summed E-state index contributed by atoms with van der Waals surface area (Å²) in [7, 11) is 0. The third kappa shape index (κ3) is 6.65. The first-order valence-electron chi connectivity index (χ1n) is 8.05. The molecule has 0 aliphatic carbocycles. The van der Waals surface area contributed by atoms with E-state index in [1.165, 1.54) is 51.4 Å². The van der Waals surface area contributed by atoms with Crippen molar-refractivity contribution >= 4 is 5.95 Å². The molecular weight excluding hydrogens is 234 g/mol. The van der Waals surface area contributed by atoms with Crippen molar-refractivity contribution in [2.24, 2.45) is 0 Å². The van der Waals surface area contributed by atoms with E-state index in [4.69, 9.17) is 0 Å². The van der Waals surface area contributed by atoms with Crippen LogP contribution in [0.5, 0.6) is 0 Å². The van der Waals surface area contributed by atoms with Crippen LogP contribution in [0.3, 0.4) is 0 Å². The second-order valence-electron chi connectivity index (χ2n) is 5.45. The number of unbranched alkanes of at least 4 members (excludes halogenated alkanes) is 6. The van der Waals surface area contributed by atoms with Crippen LogP contribution in [-0.2, 0) is 6.54 Å². The molecule has 0 aromatic carbocycles. The third-order valence-corrected chi connectivity index (χ3v) is 3.46. The predicted octanol–water partition coefficient (Wildman–Crippen LogP) is 4.76. The van der Waals surface area contributed by atoms with Crippen LogP contribution >= 0.6 is 0 Å². The zero-order valence-electron chi connectivity index (χ0n) is 13.0. The molecule has 0 radical (unpaired) electrons. The first-order chi connectivity index (χ1) is 9.27. The highest BCUT2D eigenvalue weighted by Gasteiger charge is 2.04. The molecular formula is C16H31N3. The Morgan fingerprint density at radius 1 is 1.00 bits per heavy atom. The summed E-state index contributed by atoms with van der Waals surface area (Å²) in [5, 5.41) is 3.45. The van der Waals surface area contributed by atoms with E-state index in [2.05, 4.69) is 41.8 Å². The van der Waals surface area contributed by atoms with Gasteiger partial charge in [-0.05, 0) is 19.8 Å². The lowest BCUT2D eigenvalue weighted by Crippen LogP contribution is -2.08. The first-order valence-corrected chi connectivity index (χ1v) is 8.05. The minimum Gasteiger partial charge on any atom is -0.356 e. The average molecular weight is 265 g/mol. The zero-order valence-corrected chi connectivity index (χ0v) is 13.0. The normalized spacial score (nSPS) is 10.9. The number of imidazole rings is 1. The van der Waals surface area contributed by atoms with E-state index in [-0.39, 0.29) is 0 Å². The van der Waals surface area contributed by atoms with Gasteiger partial charge in [-0.1, -0.05) is 52.4 Å². The van der Waals surface area contributed by atoms with Crippen molar-refractivity contribution in [3.8, 4) is 0 Å². The fourth-order valence-electron chi connectivity index (χ4n) is 2.30. The summed E-state index contributed by atoms with van der Waals surface area (Å²) < 4.78 is 2.28. The molecule has 0 spiro atoms. The highest BCUT2D eigenvalue weighted by Crippen LogP contribution is 2.12. The fourth-order valence-corrected chi connectivity index (χ4v) is 2.30. The van der Waals surface area contributed by atoms with E-state index >= 15 is 0 Å². The van der Waals surface area contributed by atoms with Crippen LogP contribution in [0.4, 0.5) is 5.95 Å². The lowest BCUT2D eigenvalue weighted by atomic mass is 10.1. The summed E-state index contributed by atoms with van der Waals surface area (Å²) in [6.45, 7) is 8.69. The number of nitrogens with zero attached hydrogens (tertiary/aromatic N) is 2. The summed E-state index contributed by atoms with van der Waals surface area (Å²) in [5.74, 6) is 1.06. The molecule has 0 fully saturated rings. The monoisotopic (exact) mass is 265 g/mol. The lowest BCUT2D eigenvalue weighted by molar-refractivity contribution is 0.559. The molecule has 3 nitrogen and oxygen atoms in total. The van der Waals surface area contributed by atoms with Gasteiger partial charge in [-0.25, -0.2) is 4.98 Å². The van der Waals surface area contributed by atoms with Gasteiger partial charge in [-0.15, -0.1) is 0 Å². The molecule has 1 heterocycles. The molecule has 0 aliphatic rings. The highest BCUT2D eigenvalue weighted by molar-refractivity contribution is 5.28. The molecule has 110 valence electrons. The van der Waals surface area contributed by atoms with Gasteiger partial charge >= 0.3 is 0 Å². The summed E-state index contributed by atoms with van der Waals surface area (Å²) in [4.78, 5) is 4.56. The minimum atomic E-state index is 1.03. The average Bonchev–Trinajstić information content (AvgIpc) is 2.74. The lowest BCUT2D eigenvalue weighted by Gasteiger charge is -2.09. The maximum absolute atomic E-state index is 4.56. The van der Waals surface area contributed by atoms with Gasteiger partial charge in [0, 0.05) is 19.3 Å². The highest BCUT2D eigenvalue weighted by atomic mass is 15.2. The molecule has 0 unspecified atom stereocenters. The van der Waals surface area contributed by atoms with Crippen molar-refractivity contribution in [2.45, 2.75) is 78.7 Å². The van der Waals surface area contributed by atoms with Crippen LogP contribution < -0.4 is 5.32 Å². The van der Waals surface area contributed by atoms with E-state index in [0.717, 1.165) is 24.7 Å². The molecule has 0 saturated carbocycles. The fraction of sp³-hybridized carbons (Fsp3) is 0.812. The predicted molar refractivity (Wildman–Crippen MR) is 83.7 cm³/mol. The number of aryl methyl sites for hydroxylation is 2. The molecule has 0 amide bonds. The molecule has 3 heteroatoms. The van der Waals surface area contributed by atoms with Gasteiger partial charge in [0.1, 0.15) is 0 Å². The van der Waals surface area contributed by atoms with Crippen LogP contribution in [0.1, 0.15) is 70.9 Å². The SMILES string of the molecule is CCCCCCCCn1cc(C)nc1NCCCC. The van der Waals surface area contributed by atoms with Gasteiger partial charge in [-0.3, -0.25) is 0 Å². The zero-order chi connectivity index (χ0) is 13.9. The third-order valence-electron chi connectivity index (χ3n) is 3.46. The number of anilines is 1. The quantitative estimate of drug-likeness (QED) is 0.584. The molecule has 0 bridgehead atoms. The van der Waals surface area contributed by atoms with Gasteiger partial charge in [0.15, 0.2) is 0 Å². The van der Waals surface area contributed by atoms with Gasteiger partial charge in [-0.2, -0.15) is 0 Å². The van der Waals surface area contributed by atoms with Crippen LogP contribution in [0.15, 0.2) is 6.20 Å². The Balaban J connectivity index is 2.27. The van der Waals surface area contributed by atoms with Crippen molar-refractivity contribution in [1.29, 1.82) is 0 Å². The Bertz CT molecular complexity index is 331. The van der Waals surface area contributed by atoms with Crippen LogP contribution in [0.2, 0.25) is 0 Å². The summed E-state index contributed by atoms with van der Waals surface area (Å²) in [5.41, 5.74) is 1.12. The van der Waals surface area contributed by atoms with Crippen LogP contribution in [-0.4, -0.2) is 16.1 Å². The largest absolute Gasteiger partial charge is 0.356 e. The maximum Gasteiger partial charge on any atom is 0.203 e. The van der Waals surface area contributed by atoms with Crippen molar-refractivity contribution in [3.05, 3.63) is 11.9 Å². The molecule has 1 N–H and O–H groups in total. The topological polar surface area (TPSA) is 29.9 Å². The van der Waals surface area contributed by atoms with E-state index in [0.29, 0.717) is 0 Å². The minimum absolute atomic E-state index is 1.03. The Labute approximate surface area is 118 Å². The van der Waals surface area contributed by atoms with Gasteiger partial charge < -0.3 is 9.88 Å². The Morgan fingerprint density at radius 2 is 1.68 bits per heavy atom. The van der Waals surface area contributed by atoms with E-state index in [9.17, 15) is 0 Å². The summed E-state index contributed by atoms with van der Waals surface area (Å²) >= 11 is 0. The number of hydrogen-bond acceptors (Lipinski definition) is 2. The second kappa shape index (κ2) is 9.88. The number of rotatable bonds is 11. The molecule has 1 aromatic heterocycles. The van der Waals surface area contributed by atoms with Crippen LogP contribution in [0, 0.1) is 6.92 Å². The first kappa shape index (κ1) is 16.1. The Morgan fingerprint density at radius 3 is 2.42 bits per heavy atom. The summed E-state index contributed by atoms with van der Waals surface area (Å²) in [6, 6.07) is 0. The molecule has 1 aromatic rings. The number of nitrogens with one attached hydrogen (secondary N) is 1.